The molecule has 1 amide bonds. The van der Waals surface area contributed by atoms with Gasteiger partial charge in [-0.1, -0.05) is 30.3 Å². The highest BCUT2D eigenvalue weighted by atomic mass is 32.2. The van der Waals surface area contributed by atoms with Crippen LogP contribution < -0.4 is 16.2 Å². The van der Waals surface area contributed by atoms with E-state index in [9.17, 15) is 13.2 Å². The fraction of sp³-hybridized carbons (Fsp3) is 0.267. The molecule has 0 bridgehead atoms. The number of rotatable bonds is 6. The summed E-state index contributed by atoms with van der Waals surface area (Å²) in [7, 11) is -3.88. The van der Waals surface area contributed by atoms with Crippen molar-refractivity contribution in [1.82, 2.24) is 4.72 Å². The summed E-state index contributed by atoms with van der Waals surface area (Å²) in [4.78, 5) is 11.5. The number of benzene rings is 2. The number of amides is 1. The molecule has 0 aromatic heterocycles. The third kappa shape index (κ3) is 3.27. The lowest BCUT2D eigenvalue weighted by Gasteiger charge is -2.16. The zero-order valence-corrected chi connectivity index (χ0v) is 13.1. The second-order valence-electron chi connectivity index (χ2n) is 5.08. The molecule has 6 nitrogen and oxygen atoms in total. The largest absolute Gasteiger partial charge is 0.368 e. The molecule has 0 aliphatic heterocycles. The Bertz CT molecular complexity index is 803. The Morgan fingerprint density at radius 3 is 2.41 bits per heavy atom. The van der Waals surface area contributed by atoms with E-state index in [4.69, 9.17) is 11.5 Å². The van der Waals surface area contributed by atoms with Gasteiger partial charge in [-0.15, -0.1) is 0 Å². The monoisotopic (exact) mass is 321 g/mol. The Morgan fingerprint density at radius 1 is 1.18 bits per heavy atom. The van der Waals surface area contributed by atoms with Crippen LogP contribution in [0.15, 0.2) is 41.3 Å². The van der Waals surface area contributed by atoms with Gasteiger partial charge in [-0.25, -0.2) is 8.42 Å². The van der Waals surface area contributed by atoms with Gasteiger partial charge < -0.3 is 11.5 Å². The van der Waals surface area contributed by atoms with Gasteiger partial charge in [-0.05, 0) is 36.9 Å². The van der Waals surface area contributed by atoms with Crippen LogP contribution in [0.25, 0.3) is 10.8 Å². The molecule has 0 spiro atoms. The minimum Gasteiger partial charge on any atom is -0.368 e. The van der Waals surface area contributed by atoms with E-state index >= 15 is 0 Å². The van der Waals surface area contributed by atoms with Crippen LogP contribution in [0.4, 0.5) is 0 Å². The first-order valence-electron chi connectivity index (χ1n) is 6.87. The lowest BCUT2D eigenvalue weighted by molar-refractivity contribution is -0.119. The molecule has 0 saturated heterocycles. The number of fused-ring (bicyclic) bond motifs is 1. The molecule has 0 heterocycles. The molecule has 1 atom stereocenters. The second kappa shape index (κ2) is 6.43. The summed E-state index contributed by atoms with van der Waals surface area (Å²) in [6, 6.07) is 9.45. The SMILES string of the molecule is Cc1ccc(S(=O)(=O)N[C@@H](CCN)C(N)=O)c2ccccc12. The zero-order chi connectivity index (χ0) is 16.3. The minimum atomic E-state index is -3.88. The van der Waals surface area contributed by atoms with Crippen molar-refractivity contribution in [3.8, 4) is 0 Å². The quantitative estimate of drug-likeness (QED) is 0.723. The fourth-order valence-electron chi connectivity index (χ4n) is 2.33. The van der Waals surface area contributed by atoms with Gasteiger partial charge in [-0.2, -0.15) is 4.72 Å². The van der Waals surface area contributed by atoms with Crippen LogP contribution in [-0.4, -0.2) is 26.9 Å². The van der Waals surface area contributed by atoms with Gasteiger partial charge in [0.15, 0.2) is 0 Å². The normalized spacial score (nSPS) is 13.2. The van der Waals surface area contributed by atoms with E-state index in [2.05, 4.69) is 4.72 Å². The number of carbonyl (C=O) groups is 1. The third-order valence-electron chi connectivity index (χ3n) is 3.49. The molecule has 7 heteroatoms. The maximum Gasteiger partial charge on any atom is 0.241 e. The Morgan fingerprint density at radius 2 is 1.82 bits per heavy atom. The maximum absolute atomic E-state index is 12.6. The van der Waals surface area contributed by atoms with E-state index in [0.29, 0.717) is 5.39 Å². The summed E-state index contributed by atoms with van der Waals surface area (Å²) < 4.78 is 27.5. The van der Waals surface area contributed by atoms with E-state index in [1.807, 2.05) is 19.1 Å². The Balaban J connectivity index is 2.50. The van der Waals surface area contributed by atoms with Crippen molar-refractivity contribution >= 4 is 26.7 Å². The Hall–Kier alpha value is -1.96. The van der Waals surface area contributed by atoms with Crippen LogP contribution in [0.1, 0.15) is 12.0 Å². The summed E-state index contributed by atoms with van der Waals surface area (Å²) in [5.74, 6) is -0.745. The zero-order valence-electron chi connectivity index (χ0n) is 12.2. The Kier molecular flexibility index (Phi) is 4.80. The first-order chi connectivity index (χ1) is 10.4. The number of aryl methyl sites for hydroxylation is 1. The number of nitrogens with two attached hydrogens (primary N) is 2. The molecule has 2 aromatic carbocycles. The average molecular weight is 321 g/mol. The van der Waals surface area contributed by atoms with Gasteiger partial charge in [0, 0.05) is 5.39 Å². The minimum absolute atomic E-state index is 0.122. The molecule has 0 fully saturated rings. The van der Waals surface area contributed by atoms with Crippen molar-refractivity contribution in [3.63, 3.8) is 0 Å². The van der Waals surface area contributed by atoms with Gasteiger partial charge in [0.2, 0.25) is 15.9 Å². The number of hydrogen-bond donors (Lipinski definition) is 3. The highest BCUT2D eigenvalue weighted by molar-refractivity contribution is 7.89. The molecule has 118 valence electrons. The average Bonchev–Trinajstić information content (AvgIpc) is 2.47. The summed E-state index contributed by atoms with van der Waals surface area (Å²) >= 11 is 0. The van der Waals surface area contributed by atoms with Crippen LogP contribution in [0.2, 0.25) is 0 Å². The van der Waals surface area contributed by atoms with E-state index in [-0.39, 0.29) is 17.9 Å². The topological polar surface area (TPSA) is 115 Å². The summed E-state index contributed by atoms with van der Waals surface area (Å²) in [5.41, 5.74) is 11.6. The van der Waals surface area contributed by atoms with E-state index < -0.39 is 22.0 Å². The summed E-state index contributed by atoms with van der Waals surface area (Å²) in [5, 5.41) is 1.45. The lowest BCUT2D eigenvalue weighted by atomic mass is 10.1. The summed E-state index contributed by atoms with van der Waals surface area (Å²) in [6.45, 7) is 2.07. The molecular weight excluding hydrogens is 302 g/mol. The molecule has 2 aromatic rings. The van der Waals surface area contributed by atoms with Crippen molar-refractivity contribution in [3.05, 3.63) is 42.0 Å². The fourth-order valence-corrected chi connectivity index (χ4v) is 3.78. The van der Waals surface area contributed by atoms with Crippen LogP contribution in [0.5, 0.6) is 0 Å². The predicted octanol–water partition coefficient (Wildman–Crippen LogP) is 0.629. The molecule has 5 N–H and O–H groups in total. The number of sulfonamides is 1. The molecule has 0 unspecified atom stereocenters. The van der Waals surface area contributed by atoms with Gasteiger partial charge in [-0.3, -0.25) is 4.79 Å². The van der Waals surface area contributed by atoms with E-state index in [1.165, 1.54) is 6.07 Å². The highest BCUT2D eigenvalue weighted by Crippen LogP contribution is 2.25. The van der Waals surface area contributed by atoms with Crippen molar-refractivity contribution in [2.75, 3.05) is 6.54 Å². The summed E-state index contributed by atoms with van der Waals surface area (Å²) in [6.07, 6.45) is 0.151. The van der Waals surface area contributed by atoms with Crippen LogP contribution in [0.3, 0.4) is 0 Å². The molecule has 0 aliphatic rings. The van der Waals surface area contributed by atoms with Crippen LogP contribution >= 0.6 is 0 Å². The van der Waals surface area contributed by atoms with Crippen molar-refractivity contribution in [1.29, 1.82) is 0 Å². The molecule has 22 heavy (non-hydrogen) atoms. The highest BCUT2D eigenvalue weighted by Gasteiger charge is 2.25. The van der Waals surface area contributed by atoms with E-state index in [1.54, 1.807) is 18.2 Å². The van der Waals surface area contributed by atoms with Gasteiger partial charge in [0.05, 0.1) is 4.90 Å². The molecular formula is C15H19N3O3S. The number of primary amides is 1. The lowest BCUT2D eigenvalue weighted by Crippen LogP contribution is -2.45. The number of carbonyl (C=O) groups excluding carboxylic acids is 1. The van der Waals surface area contributed by atoms with Gasteiger partial charge in [0.1, 0.15) is 6.04 Å². The van der Waals surface area contributed by atoms with E-state index in [0.717, 1.165) is 10.9 Å². The molecule has 0 radical (unpaired) electrons. The predicted molar refractivity (Wildman–Crippen MR) is 85.7 cm³/mol. The van der Waals surface area contributed by atoms with Crippen molar-refractivity contribution in [2.24, 2.45) is 11.5 Å². The van der Waals surface area contributed by atoms with Crippen LogP contribution in [-0.2, 0) is 14.8 Å². The molecule has 2 rings (SSSR count). The molecule has 0 aliphatic carbocycles. The first kappa shape index (κ1) is 16.4. The smallest absolute Gasteiger partial charge is 0.241 e. The van der Waals surface area contributed by atoms with Crippen molar-refractivity contribution in [2.45, 2.75) is 24.3 Å². The first-order valence-corrected chi connectivity index (χ1v) is 8.35. The Labute approximate surface area is 129 Å². The number of nitrogens with one attached hydrogen (secondary N) is 1. The second-order valence-corrected chi connectivity index (χ2v) is 6.76. The number of hydrogen-bond acceptors (Lipinski definition) is 4. The standard InChI is InChI=1S/C15H19N3O3S/c1-10-6-7-14(12-5-3-2-4-11(10)12)22(20,21)18-13(8-9-16)15(17)19/h2-7,13,18H,8-9,16H2,1H3,(H2,17,19)/t13-/m0/s1. The van der Waals surface area contributed by atoms with Crippen LogP contribution in [0, 0.1) is 6.92 Å². The molecule has 0 saturated carbocycles. The third-order valence-corrected chi connectivity index (χ3v) is 5.02. The van der Waals surface area contributed by atoms with Gasteiger partial charge >= 0.3 is 0 Å². The van der Waals surface area contributed by atoms with Gasteiger partial charge in [0.25, 0.3) is 0 Å². The van der Waals surface area contributed by atoms with Crippen molar-refractivity contribution < 1.29 is 13.2 Å². The maximum atomic E-state index is 12.6.